The van der Waals surface area contributed by atoms with E-state index < -0.39 is 6.04 Å². The fraction of sp³-hybridized carbons (Fsp3) is 0.882. The average molecular weight is 339 g/mol. The molecule has 0 aliphatic rings. The zero-order valence-corrected chi connectivity index (χ0v) is 15.2. The van der Waals surface area contributed by atoms with Crippen molar-refractivity contribution in [3.63, 3.8) is 0 Å². The molecule has 0 aromatic rings. The number of rotatable bonds is 16. The van der Waals surface area contributed by atoms with Crippen LogP contribution < -0.4 is 10.6 Å². The van der Waals surface area contributed by atoms with Crippen LogP contribution in [-0.4, -0.2) is 37.4 Å². The highest BCUT2D eigenvalue weighted by atomic mass is 16.2. The number of Topliss-reactive ketones (excluding diaryl/α,β-unsaturated/α-hetero) is 1. The number of unbranched alkanes of at least 4 members (excludes halogenated alkanes) is 6. The Morgan fingerprint density at radius 3 is 2.33 bits per heavy atom. The average Bonchev–Trinajstić information content (AvgIpc) is 2.58. The Hall–Kier alpha value is -1.59. The normalized spacial score (nSPS) is 11.6. The third kappa shape index (κ3) is 12.9. The molecule has 138 valence electrons. The van der Waals surface area contributed by atoms with Crippen molar-refractivity contribution in [2.75, 3.05) is 19.6 Å². The molecule has 7 heteroatoms. The van der Waals surface area contributed by atoms with Crippen molar-refractivity contribution >= 4 is 11.7 Å². The molecule has 7 nitrogen and oxygen atoms in total. The molecule has 0 rings (SSSR count). The molecule has 0 unspecified atom stereocenters. The fourth-order valence-electron chi connectivity index (χ4n) is 2.32. The summed E-state index contributed by atoms with van der Waals surface area (Å²) in [6.07, 6.45) is 9.07. The third-order valence-electron chi connectivity index (χ3n) is 3.83. The Morgan fingerprint density at radius 2 is 1.71 bits per heavy atom. The summed E-state index contributed by atoms with van der Waals surface area (Å²) in [4.78, 5) is 26.7. The van der Waals surface area contributed by atoms with Gasteiger partial charge in [0, 0.05) is 17.9 Å². The highest BCUT2D eigenvalue weighted by Crippen LogP contribution is 2.03. The van der Waals surface area contributed by atoms with E-state index in [2.05, 4.69) is 34.5 Å². The van der Waals surface area contributed by atoms with Gasteiger partial charge < -0.3 is 5.32 Å². The zero-order chi connectivity index (χ0) is 18.0. The van der Waals surface area contributed by atoms with Crippen molar-refractivity contribution in [2.24, 2.45) is 5.11 Å². The lowest BCUT2D eigenvalue weighted by atomic mass is 10.1. The molecule has 0 saturated heterocycles. The minimum absolute atomic E-state index is 0.0143. The van der Waals surface area contributed by atoms with E-state index in [-0.39, 0.29) is 24.8 Å². The smallest absolute Gasteiger partial charge is 0.237 e. The van der Waals surface area contributed by atoms with Crippen LogP contribution in [-0.2, 0) is 9.59 Å². The van der Waals surface area contributed by atoms with Gasteiger partial charge in [0.2, 0.25) is 5.91 Å². The summed E-state index contributed by atoms with van der Waals surface area (Å²) in [6, 6.07) is -0.647. The van der Waals surface area contributed by atoms with E-state index in [0.717, 1.165) is 51.4 Å². The largest absolute Gasteiger partial charge is 0.355 e. The maximum Gasteiger partial charge on any atom is 0.237 e. The Kier molecular flexibility index (Phi) is 15.2. The van der Waals surface area contributed by atoms with Crippen LogP contribution >= 0.6 is 0 Å². The number of ketones is 1. The van der Waals surface area contributed by atoms with E-state index in [1.54, 1.807) is 0 Å². The number of carbonyl (C=O) groups is 2. The molecule has 0 fully saturated rings. The number of amides is 1. The van der Waals surface area contributed by atoms with Crippen molar-refractivity contribution in [1.82, 2.24) is 10.6 Å². The Bertz CT molecular complexity index is 394. The number of carbonyl (C=O) groups excluding carboxylic acids is 2. The molecule has 24 heavy (non-hydrogen) atoms. The van der Waals surface area contributed by atoms with E-state index in [0.29, 0.717) is 13.0 Å². The monoisotopic (exact) mass is 339 g/mol. The number of nitrogens with zero attached hydrogens (tertiary/aromatic N) is 3. The molecule has 0 aromatic heterocycles. The molecule has 0 heterocycles. The summed E-state index contributed by atoms with van der Waals surface area (Å²) in [5.74, 6) is -0.120. The van der Waals surface area contributed by atoms with Crippen LogP contribution in [0.4, 0.5) is 0 Å². The van der Waals surface area contributed by atoms with Gasteiger partial charge in [0.05, 0.1) is 19.1 Å². The summed E-state index contributed by atoms with van der Waals surface area (Å²) in [7, 11) is 0. The summed E-state index contributed by atoms with van der Waals surface area (Å²) in [5, 5.41) is 9.22. The van der Waals surface area contributed by atoms with Crippen LogP contribution in [0.25, 0.3) is 10.4 Å². The van der Waals surface area contributed by atoms with Crippen LogP contribution in [0.15, 0.2) is 5.11 Å². The molecule has 0 spiro atoms. The summed E-state index contributed by atoms with van der Waals surface area (Å²) >= 11 is 0. The molecular formula is C17H33N5O2. The van der Waals surface area contributed by atoms with Crippen LogP contribution in [0.2, 0.25) is 0 Å². The molecule has 0 aromatic carbocycles. The van der Waals surface area contributed by atoms with Crippen LogP contribution in [0.5, 0.6) is 0 Å². The maximum atomic E-state index is 12.1. The van der Waals surface area contributed by atoms with E-state index in [1.807, 2.05) is 0 Å². The Balaban J connectivity index is 4.12. The van der Waals surface area contributed by atoms with Gasteiger partial charge >= 0.3 is 0 Å². The second-order valence-electron chi connectivity index (χ2n) is 6.05. The highest BCUT2D eigenvalue weighted by molar-refractivity contribution is 5.84. The lowest BCUT2D eigenvalue weighted by molar-refractivity contribution is -0.123. The molecule has 1 atom stereocenters. The van der Waals surface area contributed by atoms with Crippen molar-refractivity contribution in [2.45, 2.75) is 77.7 Å². The van der Waals surface area contributed by atoms with E-state index >= 15 is 0 Å². The highest BCUT2D eigenvalue weighted by Gasteiger charge is 2.17. The lowest BCUT2D eigenvalue weighted by Crippen LogP contribution is -2.47. The van der Waals surface area contributed by atoms with Gasteiger partial charge in [-0.3, -0.25) is 14.9 Å². The van der Waals surface area contributed by atoms with E-state index in [9.17, 15) is 9.59 Å². The van der Waals surface area contributed by atoms with Crippen LogP contribution in [0, 0.1) is 0 Å². The molecule has 0 saturated carbocycles. The van der Waals surface area contributed by atoms with Crippen LogP contribution in [0.3, 0.4) is 0 Å². The zero-order valence-electron chi connectivity index (χ0n) is 15.2. The SMILES string of the molecule is CCCCCCNC(=O)[C@H](CN=[N+]=[N-])NCC(=O)CCCCCC. The molecule has 2 N–H and O–H groups in total. The van der Waals surface area contributed by atoms with Gasteiger partial charge in [-0.25, -0.2) is 0 Å². The maximum absolute atomic E-state index is 12.1. The lowest BCUT2D eigenvalue weighted by Gasteiger charge is -2.16. The second kappa shape index (κ2) is 16.3. The molecule has 0 aliphatic carbocycles. The van der Waals surface area contributed by atoms with Gasteiger partial charge in [0.25, 0.3) is 0 Å². The van der Waals surface area contributed by atoms with Crippen molar-refractivity contribution < 1.29 is 9.59 Å². The van der Waals surface area contributed by atoms with Gasteiger partial charge in [0.15, 0.2) is 0 Å². The molecule has 0 bridgehead atoms. The number of hydrogen-bond acceptors (Lipinski definition) is 4. The first-order valence-corrected chi connectivity index (χ1v) is 9.19. The first-order valence-electron chi connectivity index (χ1n) is 9.19. The first-order chi connectivity index (χ1) is 11.7. The van der Waals surface area contributed by atoms with Gasteiger partial charge in [-0.15, -0.1) is 0 Å². The summed E-state index contributed by atoms with van der Waals surface area (Å²) in [5.41, 5.74) is 8.45. The van der Waals surface area contributed by atoms with Crippen LogP contribution in [0.1, 0.15) is 71.6 Å². The van der Waals surface area contributed by atoms with Crippen molar-refractivity contribution in [1.29, 1.82) is 0 Å². The number of hydrogen-bond donors (Lipinski definition) is 2. The summed E-state index contributed by atoms with van der Waals surface area (Å²) < 4.78 is 0. The first kappa shape index (κ1) is 22.4. The summed E-state index contributed by atoms with van der Waals surface area (Å²) in [6.45, 7) is 5.03. The van der Waals surface area contributed by atoms with Gasteiger partial charge in [-0.1, -0.05) is 57.5 Å². The van der Waals surface area contributed by atoms with Crippen molar-refractivity contribution in [3.8, 4) is 0 Å². The molecular weight excluding hydrogens is 306 g/mol. The molecule has 1 amide bonds. The molecule has 0 aliphatic heterocycles. The van der Waals surface area contributed by atoms with Gasteiger partial charge in [-0.05, 0) is 18.4 Å². The van der Waals surface area contributed by atoms with Crippen molar-refractivity contribution in [3.05, 3.63) is 10.4 Å². The minimum atomic E-state index is -0.647. The number of nitrogens with one attached hydrogen (secondary N) is 2. The van der Waals surface area contributed by atoms with Gasteiger partial charge in [-0.2, -0.15) is 0 Å². The third-order valence-corrected chi connectivity index (χ3v) is 3.83. The van der Waals surface area contributed by atoms with Gasteiger partial charge in [0.1, 0.15) is 5.78 Å². The number of azide groups is 1. The standard InChI is InChI=1S/C17H33N5O2/c1-3-5-7-9-11-15(23)13-20-16(14-21-22-18)17(24)19-12-10-8-6-4-2/h16,20H,3-14H2,1-2H3,(H,19,24)/t16-/m0/s1. The second-order valence-corrected chi connectivity index (χ2v) is 6.05. The predicted octanol–water partition coefficient (Wildman–Crippen LogP) is 3.49. The molecule has 0 radical (unpaired) electrons. The minimum Gasteiger partial charge on any atom is -0.355 e. The predicted molar refractivity (Wildman–Crippen MR) is 96.7 cm³/mol. The van der Waals surface area contributed by atoms with E-state index in [1.165, 1.54) is 0 Å². The Labute approximate surface area is 145 Å². The van der Waals surface area contributed by atoms with E-state index in [4.69, 9.17) is 5.53 Å². The quantitative estimate of drug-likeness (QED) is 0.194. The Morgan fingerprint density at radius 1 is 1.04 bits per heavy atom. The topological polar surface area (TPSA) is 107 Å². The fourth-order valence-corrected chi connectivity index (χ4v) is 2.32.